The molecule has 3 heterocycles. The van der Waals surface area contributed by atoms with Gasteiger partial charge >= 0.3 is 0 Å². The summed E-state index contributed by atoms with van der Waals surface area (Å²) in [7, 11) is 5.38. The molecule has 0 saturated carbocycles. The molecule has 1 atom stereocenters. The average molecular weight is 476 g/mol. The van der Waals surface area contributed by atoms with Gasteiger partial charge < -0.3 is 19.4 Å². The van der Waals surface area contributed by atoms with E-state index in [1.807, 2.05) is 48.5 Å². The number of nitrogens with one attached hydrogen (secondary N) is 1. The molecule has 35 heavy (non-hydrogen) atoms. The summed E-state index contributed by atoms with van der Waals surface area (Å²) < 4.78 is 12.5. The van der Waals surface area contributed by atoms with E-state index in [1.54, 1.807) is 18.9 Å². The van der Waals surface area contributed by atoms with E-state index in [0.29, 0.717) is 17.9 Å². The van der Waals surface area contributed by atoms with Crippen molar-refractivity contribution in [3.63, 3.8) is 0 Å². The van der Waals surface area contributed by atoms with Crippen molar-refractivity contribution in [2.75, 3.05) is 47.4 Å². The second kappa shape index (κ2) is 9.85. The first-order valence-corrected chi connectivity index (χ1v) is 11.6. The van der Waals surface area contributed by atoms with Crippen molar-refractivity contribution in [2.45, 2.75) is 12.6 Å². The van der Waals surface area contributed by atoms with Crippen LogP contribution in [0.5, 0.6) is 11.5 Å². The zero-order valence-corrected chi connectivity index (χ0v) is 20.1. The van der Waals surface area contributed by atoms with Gasteiger partial charge in [0.1, 0.15) is 17.5 Å². The molecule has 2 aromatic heterocycles. The van der Waals surface area contributed by atoms with E-state index in [-0.39, 0.29) is 5.56 Å². The summed E-state index contributed by atoms with van der Waals surface area (Å²) in [5.41, 5.74) is 2.26. The molecule has 1 aliphatic heterocycles. The molecule has 0 unspecified atom stereocenters. The van der Waals surface area contributed by atoms with Crippen LogP contribution in [-0.4, -0.2) is 82.4 Å². The zero-order chi connectivity index (χ0) is 24.4. The molecule has 10 nitrogen and oxygen atoms in total. The van der Waals surface area contributed by atoms with Crippen LogP contribution < -0.4 is 15.0 Å². The number of aromatic nitrogens is 5. The molecule has 5 rings (SSSR count). The normalized spacial score (nSPS) is 15.9. The van der Waals surface area contributed by atoms with Gasteiger partial charge in [-0.2, -0.15) is 0 Å². The van der Waals surface area contributed by atoms with Crippen LogP contribution in [0.25, 0.3) is 10.9 Å². The van der Waals surface area contributed by atoms with Gasteiger partial charge in [-0.25, -0.2) is 4.68 Å². The summed E-state index contributed by atoms with van der Waals surface area (Å²) in [6, 6.07) is 15.0. The fourth-order valence-corrected chi connectivity index (χ4v) is 4.53. The molecular weight excluding hydrogens is 446 g/mol. The van der Waals surface area contributed by atoms with Gasteiger partial charge in [0.15, 0.2) is 5.82 Å². The van der Waals surface area contributed by atoms with Crippen LogP contribution in [0.2, 0.25) is 0 Å². The number of benzene rings is 2. The zero-order valence-electron chi connectivity index (χ0n) is 20.1. The van der Waals surface area contributed by atoms with Crippen LogP contribution in [-0.2, 0) is 6.54 Å². The lowest BCUT2D eigenvalue weighted by atomic mass is 10.0. The Balaban J connectivity index is 1.58. The summed E-state index contributed by atoms with van der Waals surface area (Å²) in [4.78, 5) is 21.0. The number of aromatic amines is 1. The Labute approximate surface area is 203 Å². The summed E-state index contributed by atoms with van der Waals surface area (Å²) in [5.74, 6) is 2.16. The number of piperazine rings is 1. The van der Waals surface area contributed by atoms with E-state index in [4.69, 9.17) is 9.47 Å². The van der Waals surface area contributed by atoms with E-state index in [0.717, 1.165) is 54.1 Å². The largest absolute Gasteiger partial charge is 0.497 e. The molecule has 1 N–H and O–H groups in total. The molecule has 2 aromatic carbocycles. The fourth-order valence-electron chi connectivity index (χ4n) is 4.53. The third-order valence-corrected chi connectivity index (χ3v) is 6.57. The number of rotatable bonds is 7. The predicted molar refractivity (Wildman–Crippen MR) is 132 cm³/mol. The van der Waals surface area contributed by atoms with E-state index >= 15 is 0 Å². The molecule has 1 saturated heterocycles. The molecular formula is C25H29N7O3. The first kappa shape index (κ1) is 23.0. The maximum absolute atomic E-state index is 13.4. The van der Waals surface area contributed by atoms with Crippen molar-refractivity contribution in [3.8, 4) is 11.5 Å². The molecule has 182 valence electrons. The van der Waals surface area contributed by atoms with Crippen LogP contribution in [0, 0.1) is 0 Å². The fraction of sp³-hybridized carbons (Fsp3) is 0.360. The summed E-state index contributed by atoms with van der Waals surface area (Å²) >= 11 is 0. The molecule has 0 aliphatic carbocycles. The maximum atomic E-state index is 13.4. The quantitative estimate of drug-likeness (QED) is 0.433. The van der Waals surface area contributed by atoms with Crippen molar-refractivity contribution >= 4 is 10.9 Å². The summed E-state index contributed by atoms with van der Waals surface area (Å²) in [5, 5.41) is 13.6. The van der Waals surface area contributed by atoms with Gasteiger partial charge in [0, 0.05) is 42.6 Å². The SMILES string of the molecule is COc1ccc(Cn2nnnc2[C@H](c2cc3cc(OC)ccc3[nH]c2=O)N2CCN(C)CC2)cc1. The molecule has 4 aromatic rings. The highest BCUT2D eigenvalue weighted by molar-refractivity contribution is 5.80. The highest BCUT2D eigenvalue weighted by Gasteiger charge is 2.32. The number of H-pyrrole nitrogens is 1. The van der Waals surface area contributed by atoms with Crippen LogP contribution in [0.1, 0.15) is 23.0 Å². The highest BCUT2D eigenvalue weighted by atomic mass is 16.5. The van der Waals surface area contributed by atoms with Gasteiger partial charge in [-0.3, -0.25) is 9.69 Å². The first-order chi connectivity index (χ1) is 17.1. The monoisotopic (exact) mass is 475 g/mol. The minimum Gasteiger partial charge on any atom is -0.497 e. The number of likely N-dealkylation sites (N-methyl/N-ethyl adjacent to an activating group) is 1. The molecule has 1 fully saturated rings. The number of ether oxygens (including phenoxy) is 2. The Bertz CT molecular complexity index is 1360. The van der Waals surface area contributed by atoms with Crippen LogP contribution in [0.3, 0.4) is 0 Å². The Morgan fingerprint density at radius 2 is 1.69 bits per heavy atom. The summed E-state index contributed by atoms with van der Waals surface area (Å²) in [6.45, 7) is 3.87. The number of hydrogen-bond donors (Lipinski definition) is 1. The van der Waals surface area contributed by atoms with Gasteiger partial charge in [-0.15, -0.1) is 5.10 Å². The van der Waals surface area contributed by atoms with Gasteiger partial charge in [-0.1, -0.05) is 12.1 Å². The Morgan fingerprint density at radius 1 is 0.971 bits per heavy atom. The first-order valence-electron chi connectivity index (χ1n) is 11.6. The Morgan fingerprint density at radius 3 is 2.40 bits per heavy atom. The van der Waals surface area contributed by atoms with Crippen LogP contribution >= 0.6 is 0 Å². The average Bonchev–Trinajstić information content (AvgIpc) is 3.33. The van der Waals surface area contributed by atoms with Gasteiger partial charge in [-0.05, 0) is 59.4 Å². The molecule has 0 spiro atoms. The third-order valence-electron chi connectivity index (χ3n) is 6.57. The van der Waals surface area contributed by atoms with Crippen LogP contribution in [0.4, 0.5) is 0 Å². The topological polar surface area (TPSA) is 101 Å². The minimum atomic E-state index is -0.392. The number of fused-ring (bicyclic) bond motifs is 1. The smallest absolute Gasteiger partial charge is 0.253 e. The molecule has 10 heteroatoms. The minimum absolute atomic E-state index is 0.148. The van der Waals surface area contributed by atoms with Crippen molar-refractivity contribution in [2.24, 2.45) is 0 Å². The van der Waals surface area contributed by atoms with E-state index < -0.39 is 6.04 Å². The number of pyridine rings is 1. The summed E-state index contributed by atoms with van der Waals surface area (Å²) in [6.07, 6.45) is 0. The number of hydrogen-bond acceptors (Lipinski definition) is 8. The third kappa shape index (κ3) is 4.75. The highest BCUT2D eigenvalue weighted by Crippen LogP contribution is 2.29. The number of nitrogens with zero attached hydrogens (tertiary/aromatic N) is 6. The van der Waals surface area contributed by atoms with Gasteiger partial charge in [0.25, 0.3) is 5.56 Å². The number of methoxy groups -OCH3 is 2. The van der Waals surface area contributed by atoms with Crippen molar-refractivity contribution in [1.29, 1.82) is 0 Å². The second-order valence-corrected chi connectivity index (χ2v) is 8.79. The molecule has 0 bridgehead atoms. The Hall–Kier alpha value is -3.76. The molecule has 0 amide bonds. The van der Waals surface area contributed by atoms with Gasteiger partial charge in [0.2, 0.25) is 0 Å². The van der Waals surface area contributed by atoms with E-state index in [2.05, 4.69) is 37.4 Å². The molecule has 1 aliphatic rings. The van der Waals surface area contributed by atoms with Gasteiger partial charge in [0.05, 0.1) is 20.8 Å². The Kier molecular flexibility index (Phi) is 6.47. The lowest BCUT2D eigenvalue weighted by molar-refractivity contribution is 0.121. The van der Waals surface area contributed by atoms with Crippen LogP contribution in [0.15, 0.2) is 53.3 Å². The van der Waals surface area contributed by atoms with Crippen molar-refractivity contribution in [3.05, 3.63) is 75.8 Å². The van der Waals surface area contributed by atoms with Crippen molar-refractivity contribution in [1.82, 2.24) is 35.0 Å². The maximum Gasteiger partial charge on any atom is 0.253 e. The predicted octanol–water partition coefficient (Wildman–Crippen LogP) is 1.92. The second-order valence-electron chi connectivity index (χ2n) is 8.79. The standard InChI is InChI=1S/C25H29N7O3/c1-30-10-12-31(13-11-30)23(21-15-18-14-20(35-3)8-9-22(18)26-25(21)33)24-27-28-29-32(24)16-17-4-6-19(34-2)7-5-17/h4-9,14-15,23H,10-13,16H2,1-3H3,(H,26,33)/t23-/m0/s1. The lowest BCUT2D eigenvalue weighted by Crippen LogP contribution is -2.47. The lowest BCUT2D eigenvalue weighted by Gasteiger charge is -2.37. The van der Waals surface area contributed by atoms with E-state index in [1.165, 1.54) is 0 Å². The van der Waals surface area contributed by atoms with E-state index in [9.17, 15) is 4.79 Å². The van der Waals surface area contributed by atoms with Crippen molar-refractivity contribution < 1.29 is 9.47 Å². The number of tetrazole rings is 1. The molecule has 0 radical (unpaired) electrons.